The average molecular weight is 339 g/mol. The Balaban J connectivity index is 3.04. The summed E-state index contributed by atoms with van der Waals surface area (Å²) in [6, 6.07) is 5.24. The maximum atomic E-state index is 12.4. The van der Waals surface area contributed by atoms with Gasteiger partial charge in [-0.25, -0.2) is 0 Å². The molecule has 1 aromatic carbocycles. The molecule has 0 aliphatic rings. The van der Waals surface area contributed by atoms with Crippen molar-refractivity contribution in [1.29, 1.82) is 0 Å². The number of hydrogen-bond donors (Lipinski definition) is 0. The molecule has 0 N–H and O–H groups in total. The zero-order valence-electron chi connectivity index (χ0n) is 12.1. The molecule has 0 heterocycles. The molecule has 0 spiro atoms. The standard InChI is InChI=1S/C13H16F3NO4S/c1-3-17(4-2)12(18)9-10-7-5-6-8-11(10)21-22(19,20)13(14,15)16/h5-8H,3-4,9H2,1-2H3. The first-order valence-corrected chi connectivity index (χ1v) is 7.89. The van der Waals surface area contributed by atoms with E-state index in [1.54, 1.807) is 13.8 Å². The number of likely N-dealkylation sites (N-methyl/N-ethyl adjacent to an activating group) is 1. The molecule has 0 aromatic heterocycles. The van der Waals surface area contributed by atoms with E-state index in [1.807, 2.05) is 0 Å². The van der Waals surface area contributed by atoms with Crippen LogP contribution in [0.25, 0.3) is 0 Å². The zero-order chi connectivity index (χ0) is 17.0. The highest BCUT2D eigenvalue weighted by Gasteiger charge is 2.48. The van der Waals surface area contributed by atoms with Crippen LogP contribution in [0.3, 0.4) is 0 Å². The van der Waals surface area contributed by atoms with E-state index in [0.717, 1.165) is 6.07 Å². The molecule has 0 saturated carbocycles. The van der Waals surface area contributed by atoms with Crippen LogP contribution in [0.2, 0.25) is 0 Å². The van der Waals surface area contributed by atoms with Crippen LogP contribution in [0.15, 0.2) is 24.3 Å². The number of para-hydroxylation sites is 1. The minimum absolute atomic E-state index is 0.0761. The van der Waals surface area contributed by atoms with Crippen molar-refractivity contribution in [3.05, 3.63) is 29.8 Å². The minimum Gasteiger partial charge on any atom is -0.376 e. The predicted molar refractivity (Wildman–Crippen MR) is 73.7 cm³/mol. The second-order valence-electron chi connectivity index (χ2n) is 4.33. The summed E-state index contributed by atoms with van der Waals surface area (Å²) >= 11 is 0. The van der Waals surface area contributed by atoms with Gasteiger partial charge in [-0.2, -0.15) is 21.6 Å². The Morgan fingerprint density at radius 3 is 2.23 bits per heavy atom. The van der Waals surface area contributed by atoms with E-state index in [4.69, 9.17) is 0 Å². The highest BCUT2D eigenvalue weighted by atomic mass is 32.2. The van der Waals surface area contributed by atoms with Gasteiger partial charge in [-0.15, -0.1) is 0 Å². The Bertz CT molecular complexity index is 624. The molecule has 124 valence electrons. The van der Waals surface area contributed by atoms with Crippen LogP contribution in [0.4, 0.5) is 13.2 Å². The minimum atomic E-state index is -5.77. The molecule has 0 saturated heterocycles. The fourth-order valence-corrected chi connectivity index (χ4v) is 2.24. The van der Waals surface area contributed by atoms with Gasteiger partial charge >= 0.3 is 15.6 Å². The molecule has 1 aromatic rings. The van der Waals surface area contributed by atoms with Crippen molar-refractivity contribution in [2.45, 2.75) is 25.8 Å². The molecule has 9 heteroatoms. The third-order valence-corrected chi connectivity index (χ3v) is 3.88. The molecule has 0 aliphatic heterocycles. The van der Waals surface area contributed by atoms with Crippen molar-refractivity contribution in [2.24, 2.45) is 0 Å². The van der Waals surface area contributed by atoms with Crippen molar-refractivity contribution in [1.82, 2.24) is 4.90 Å². The number of halogens is 3. The van der Waals surface area contributed by atoms with E-state index in [0.29, 0.717) is 13.1 Å². The monoisotopic (exact) mass is 339 g/mol. The van der Waals surface area contributed by atoms with Gasteiger partial charge in [-0.3, -0.25) is 4.79 Å². The van der Waals surface area contributed by atoms with Gasteiger partial charge in [0.05, 0.1) is 6.42 Å². The molecule has 0 aliphatic carbocycles. The summed E-state index contributed by atoms with van der Waals surface area (Å²) in [6.07, 6.45) is -0.245. The lowest BCUT2D eigenvalue weighted by Gasteiger charge is -2.19. The van der Waals surface area contributed by atoms with Crippen LogP contribution in [0.5, 0.6) is 5.75 Å². The quantitative estimate of drug-likeness (QED) is 0.589. The number of nitrogens with zero attached hydrogens (tertiary/aromatic N) is 1. The first-order chi connectivity index (χ1) is 10.1. The Kier molecular flexibility index (Phi) is 5.81. The summed E-state index contributed by atoms with van der Waals surface area (Å²) in [7, 11) is -5.77. The lowest BCUT2D eigenvalue weighted by Crippen LogP contribution is -2.32. The van der Waals surface area contributed by atoms with Gasteiger partial charge < -0.3 is 9.08 Å². The molecular formula is C13H16F3NO4S. The summed E-state index contributed by atoms with van der Waals surface area (Å²) in [5, 5.41) is 0. The van der Waals surface area contributed by atoms with E-state index in [9.17, 15) is 26.4 Å². The van der Waals surface area contributed by atoms with E-state index in [2.05, 4.69) is 4.18 Å². The summed E-state index contributed by atoms with van der Waals surface area (Å²) in [6.45, 7) is 4.41. The van der Waals surface area contributed by atoms with Gasteiger partial charge in [0.25, 0.3) is 0 Å². The van der Waals surface area contributed by atoms with E-state index < -0.39 is 21.4 Å². The number of amides is 1. The molecule has 5 nitrogen and oxygen atoms in total. The highest BCUT2D eigenvalue weighted by Crippen LogP contribution is 2.29. The average Bonchev–Trinajstić information content (AvgIpc) is 2.40. The number of benzene rings is 1. The normalized spacial score (nSPS) is 12.0. The van der Waals surface area contributed by atoms with Crippen LogP contribution in [-0.2, 0) is 21.3 Å². The van der Waals surface area contributed by atoms with Gasteiger partial charge in [-0.1, -0.05) is 18.2 Å². The molecule has 0 fully saturated rings. The first kappa shape index (κ1) is 18.3. The molecule has 0 unspecified atom stereocenters. The van der Waals surface area contributed by atoms with Crippen molar-refractivity contribution >= 4 is 16.0 Å². The van der Waals surface area contributed by atoms with Crippen LogP contribution < -0.4 is 4.18 Å². The maximum Gasteiger partial charge on any atom is 0.534 e. The van der Waals surface area contributed by atoms with E-state index in [-0.39, 0.29) is 17.9 Å². The predicted octanol–water partition coefficient (Wildman–Crippen LogP) is 2.33. The van der Waals surface area contributed by atoms with E-state index in [1.165, 1.54) is 23.1 Å². The lowest BCUT2D eigenvalue weighted by atomic mass is 10.1. The van der Waals surface area contributed by atoms with E-state index >= 15 is 0 Å². The molecule has 22 heavy (non-hydrogen) atoms. The Labute approximate surface area is 126 Å². The summed E-state index contributed by atoms with van der Waals surface area (Å²) in [5.41, 5.74) is -5.45. The van der Waals surface area contributed by atoms with Crippen LogP contribution in [0.1, 0.15) is 19.4 Å². The summed E-state index contributed by atoms with van der Waals surface area (Å²) in [5.74, 6) is -0.828. The molecular weight excluding hydrogens is 323 g/mol. The van der Waals surface area contributed by atoms with Crippen LogP contribution in [-0.4, -0.2) is 37.8 Å². The van der Waals surface area contributed by atoms with Crippen molar-refractivity contribution in [3.63, 3.8) is 0 Å². The number of hydrogen-bond acceptors (Lipinski definition) is 4. The number of rotatable bonds is 6. The van der Waals surface area contributed by atoms with Gasteiger partial charge in [0.15, 0.2) is 0 Å². The largest absolute Gasteiger partial charge is 0.534 e. The third-order valence-electron chi connectivity index (χ3n) is 2.91. The second-order valence-corrected chi connectivity index (χ2v) is 5.87. The van der Waals surface area contributed by atoms with Crippen LogP contribution >= 0.6 is 0 Å². The molecule has 0 bridgehead atoms. The fourth-order valence-electron chi connectivity index (χ4n) is 1.75. The van der Waals surface area contributed by atoms with Crippen molar-refractivity contribution in [3.8, 4) is 5.75 Å². The van der Waals surface area contributed by atoms with Gasteiger partial charge in [0.2, 0.25) is 5.91 Å². The molecule has 0 atom stereocenters. The number of carbonyl (C=O) groups is 1. The molecule has 1 amide bonds. The topological polar surface area (TPSA) is 63.7 Å². The SMILES string of the molecule is CCN(CC)C(=O)Cc1ccccc1OS(=O)(=O)C(F)(F)F. The Morgan fingerprint density at radius 2 is 1.73 bits per heavy atom. The molecule has 0 radical (unpaired) electrons. The molecule has 1 rings (SSSR count). The fraction of sp³-hybridized carbons (Fsp3) is 0.462. The van der Waals surface area contributed by atoms with Crippen LogP contribution in [0, 0.1) is 0 Å². The first-order valence-electron chi connectivity index (χ1n) is 6.48. The third kappa shape index (κ3) is 4.36. The van der Waals surface area contributed by atoms with Crippen molar-refractivity contribution in [2.75, 3.05) is 13.1 Å². The maximum absolute atomic E-state index is 12.4. The summed E-state index contributed by atoms with van der Waals surface area (Å²) in [4.78, 5) is 13.5. The smallest absolute Gasteiger partial charge is 0.376 e. The number of alkyl halides is 3. The van der Waals surface area contributed by atoms with Gasteiger partial charge in [0.1, 0.15) is 5.75 Å². The van der Waals surface area contributed by atoms with Crippen molar-refractivity contribution < 1.29 is 30.6 Å². The Morgan fingerprint density at radius 1 is 1.18 bits per heavy atom. The van der Waals surface area contributed by atoms with Gasteiger partial charge in [-0.05, 0) is 19.9 Å². The lowest BCUT2D eigenvalue weighted by molar-refractivity contribution is -0.130. The van der Waals surface area contributed by atoms with Gasteiger partial charge in [0, 0.05) is 18.7 Å². The second kappa shape index (κ2) is 6.99. The summed E-state index contributed by atoms with van der Waals surface area (Å²) < 4.78 is 63.3. The zero-order valence-corrected chi connectivity index (χ0v) is 12.9. The highest BCUT2D eigenvalue weighted by molar-refractivity contribution is 7.88. The number of carbonyl (C=O) groups excluding carboxylic acids is 1. The Hall–Kier alpha value is -1.77.